The van der Waals surface area contributed by atoms with E-state index in [0.717, 1.165) is 0 Å². The summed E-state index contributed by atoms with van der Waals surface area (Å²) in [6.07, 6.45) is -0.384. The van der Waals surface area contributed by atoms with Crippen LogP contribution in [0.15, 0.2) is 42.5 Å². The molecule has 2 aromatic carbocycles. The molecule has 7 heteroatoms. The Bertz CT molecular complexity index is 763. The summed E-state index contributed by atoms with van der Waals surface area (Å²) in [7, 11) is 0. The summed E-state index contributed by atoms with van der Waals surface area (Å²) in [5.41, 5.74) is 0.795. The molecule has 3 rings (SSSR count). The van der Waals surface area contributed by atoms with Gasteiger partial charge in [-0.2, -0.15) is 0 Å². The Morgan fingerprint density at radius 1 is 0.957 bits per heavy atom. The van der Waals surface area contributed by atoms with Crippen LogP contribution in [-0.4, -0.2) is 18.6 Å². The van der Waals surface area contributed by atoms with Gasteiger partial charge in [-0.25, -0.2) is 4.39 Å². The van der Waals surface area contributed by atoms with Crippen molar-refractivity contribution in [2.75, 3.05) is 17.4 Å². The highest BCUT2D eigenvalue weighted by molar-refractivity contribution is 6.08. The molecule has 2 aromatic rings. The Morgan fingerprint density at radius 3 is 2.39 bits per heavy atom. The van der Waals surface area contributed by atoms with Crippen LogP contribution in [0, 0.1) is 5.82 Å². The number of carbonyl (C=O) groups is 2. The summed E-state index contributed by atoms with van der Waals surface area (Å²) in [6.45, 7) is 0.142. The SMILES string of the molecule is O=C(CC(=O)Nc1ccc2c(c1)OCO2)Nc1cccc(F)c1. The molecule has 2 N–H and O–H groups in total. The fourth-order valence-corrected chi connectivity index (χ4v) is 2.10. The van der Waals surface area contributed by atoms with Gasteiger partial charge in [0.25, 0.3) is 0 Å². The fourth-order valence-electron chi connectivity index (χ4n) is 2.10. The average molecular weight is 316 g/mol. The van der Waals surface area contributed by atoms with Crippen molar-refractivity contribution in [1.82, 2.24) is 0 Å². The second kappa shape index (κ2) is 6.35. The quantitative estimate of drug-likeness (QED) is 0.850. The highest BCUT2D eigenvalue weighted by atomic mass is 19.1. The first-order valence-electron chi connectivity index (χ1n) is 6.85. The highest BCUT2D eigenvalue weighted by Crippen LogP contribution is 2.34. The van der Waals surface area contributed by atoms with E-state index in [-0.39, 0.29) is 13.2 Å². The molecular weight excluding hydrogens is 303 g/mol. The molecule has 0 unspecified atom stereocenters. The third-order valence-electron chi connectivity index (χ3n) is 3.09. The predicted molar refractivity (Wildman–Crippen MR) is 80.8 cm³/mol. The van der Waals surface area contributed by atoms with E-state index in [1.807, 2.05) is 0 Å². The molecule has 2 amide bonds. The zero-order valence-corrected chi connectivity index (χ0v) is 12.0. The van der Waals surface area contributed by atoms with Crippen LogP contribution in [0.4, 0.5) is 15.8 Å². The molecule has 1 heterocycles. The molecule has 0 saturated heterocycles. The van der Waals surface area contributed by atoms with Gasteiger partial charge in [0.15, 0.2) is 11.5 Å². The van der Waals surface area contributed by atoms with Crippen molar-refractivity contribution in [3.63, 3.8) is 0 Å². The lowest BCUT2D eigenvalue weighted by Gasteiger charge is -2.07. The summed E-state index contributed by atoms with van der Waals surface area (Å²) in [5.74, 6) is -0.349. The summed E-state index contributed by atoms with van der Waals surface area (Å²) in [5, 5.41) is 5.05. The Morgan fingerprint density at radius 2 is 1.65 bits per heavy atom. The normalized spacial score (nSPS) is 11.9. The van der Waals surface area contributed by atoms with E-state index < -0.39 is 17.6 Å². The molecule has 23 heavy (non-hydrogen) atoms. The minimum atomic E-state index is -0.533. The summed E-state index contributed by atoms with van der Waals surface area (Å²) < 4.78 is 23.4. The number of nitrogens with one attached hydrogen (secondary N) is 2. The van der Waals surface area contributed by atoms with E-state index in [0.29, 0.717) is 22.9 Å². The van der Waals surface area contributed by atoms with Crippen LogP contribution >= 0.6 is 0 Å². The first kappa shape index (κ1) is 14.8. The molecule has 0 aromatic heterocycles. The number of fused-ring (bicyclic) bond motifs is 1. The van der Waals surface area contributed by atoms with Gasteiger partial charge in [-0.3, -0.25) is 9.59 Å². The van der Waals surface area contributed by atoms with E-state index in [4.69, 9.17) is 9.47 Å². The largest absolute Gasteiger partial charge is 0.454 e. The van der Waals surface area contributed by atoms with Gasteiger partial charge in [0.2, 0.25) is 18.6 Å². The molecule has 0 fully saturated rings. The lowest BCUT2D eigenvalue weighted by atomic mass is 10.2. The summed E-state index contributed by atoms with van der Waals surface area (Å²) in [6, 6.07) is 10.4. The number of ether oxygens (including phenoxy) is 2. The van der Waals surface area contributed by atoms with E-state index in [1.54, 1.807) is 18.2 Å². The van der Waals surface area contributed by atoms with Gasteiger partial charge in [0, 0.05) is 17.4 Å². The Hall–Kier alpha value is -3.09. The van der Waals surface area contributed by atoms with Crippen LogP contribution < -0.4 is 20.1 Å². The highest BCUT2D eigenvalue weighted by Gasteiger charge is 2.15. The predicted octanol–water partition coefficient (Wildman–Crippen LogP) is 2.52. The second-order valence-electron chi connectivity index (χ2n) is 4.85. The van der Waals surface area contributed by atoms with Crippen LogP contribution in [0.2, 0.25) is 0 Å². The van der Waals surface area contributed by atoms with E-state index in [9.17, 15) is 14.0 Å². The molecule has 0 radical (unpaired) electrons. The van der Waals surface area contributed by atoms with Crippen LogP contribution in [0.5, 0.6) is 11.5 Å². The second-order valence-corrected chi connectivity index (χ2v) is 4.85. The maximum Gasteiger partial charge on any atom is 0.233 e. The Labute approximate surface area is 131 Å². The van der Waals surface area contributed by atoms with Crippen molar-refractivity contribution in [2.24, 2.45) is 0 Å². The molecule has 0 atom stereocenters. The van der Waals surface area contributed by atoms with Crippen LogP contribution in [0.3, 0.4) is 0 Å². The number of hydrogen-bond donors (Lipinski definition) is 2. The molecule has 0 bridgehead atoms. The van der Waals surface area contributed by atoms with Gasteiger partial charge in [0.1, 0.15) is 12.2 Å². The molecule has 1 aliphatic rings. The number of benzene rings is 2. The lowest BCUT2D eigenvalue weighted by molar-refractivity contribution is -0.123. The average Bonchev–Trinajstić information content (AvgIpc) is 2.94. The monoisotopic (exact) mass is 316 g/mol. The van der Waals surface area contributed by atoms with Gasteiger partial charge >= 0.3 is 0 Å². The number of carbonyl (C=O) groups excluding carboxylic acids is 2. The molecule has 6 nitrogen and oxygen atoms in total. The van der Waals surface area contributed by atoms with Crippen LogP contribution in [0.25, 0.3) is 0 Å². The zero-order chi connectivity index (χ0) is 16.2. The van der Waals surface area contributed by atoms with Crippen molar-refractivity contribution < 1.29 is 23.5 Å². The minimum absolute atomic E-state index is 0.142. The Balaban J connectivity index is 1.55. The van der Waals surface area contributed by atoms with E-state index in [2.05, 4.69) is 10.6 Å². The van der Waals surface area contributed by atoms with Gasteiger partial charge in [-0.05, 0) is 30.3 Å². The van der Waals surface area contributed by atoms with E-state index in [1.165, 1.54) is 24.3 Å². The minimum Gasteiger partial charge on any atom is -0.454 e. The zero-order valence-electron chi connectivity index (χ0n) is 12.0. The molecule has 1 aliphatic heterocycles. The number of halogens is 1. The first-order valence-corrected chi connectivity index (χ1v) is 6.85. The third kappa shape index (κ3) is 3.76. The molecular formula is C16H13FN2O4. The topological polar surface area (TPSA) is 76.7 Å². The molecule has 118 valence electrons. The van der Waals surface area contributed by atoms with Gasteiger partial charge in [-0.15, -0.1) is 0 Å². The third-order valence-corrected chi connectivity index (χ3v) is 3.09. The fraction of sp³-hybridized carbons (Fsp3) is 0.125. The molecule has 0 aliphatic carbocycles. The van der Waals surface area contributed by atoms with Gasteiger partial charge in [-0.1, -0.05) is 6.07 Å². The number of anilines is 2. The number of hydrogen-bond acceptors (Lipinski definition) is 4. The molecule has 0 spiro atoms. The number of amides is 2. The van der Waals surface area contributed by atoms with Gasteiger partial charge < -0.3 is 20.1 Å². The van der Waals surface area contributed by atoms with Crippen molar-refractivity contribution in [3.8, 4) is 11.5 Å². The van der Waals surface area contributed by atoms with Crippen LogP contribution in [0.1, 0.15) is 6.42 Å². The maximum atomic E-state index is 13.0. The first-order chi connectivity index (χ1) is 11.1. The van der Waals surface area contributed by atoms with Crippen molar-refractivity contribution in [3.05, 3.63) is 48.3 Å². The standard InChI is InChI=1S/C16H13FN2O4/c17-10-2-1-3-11(6-10)18-15(20)8-16(21)19-12-4-5-13-14(7-12)23-9-22-13/h1-7H,8-9H2,(H,18,20)(H,19,21). The van der Waals surface area contributed by atoms with Crippen molar-refractivity contribution >= 4 is 23.2 Å². The number of rotatable bonds is 4. The Kier molecular flexibility index (Phi) is 4.09. The smallest absolute Gasteiger partial charge is 0.233 e. The van der Waals surface area contributed by atoms with Crippen molar-refractivity contribution in [2.45, 2.75) is 6.42 Å². The summed E-state index contributed by atoms with van der Waals surface area (Å²) in [4.78, 5) is 23.6. The lowest BCUT2D eigenvalue weighted by Crippen LogP contribution is -2.21. The van der Waals surface area contributed by atoms with Crippen LogP contribution in [-0.2, 0) is 9.59 Å². The van der Waals surface area contributed by atoms with E-state index >= 15 is 0 Å². The maximum absolute atomic E-state index is 13.0. The van der Waals surface area contributed by atoms with Gasteiger partial charge in [0.05, 0.1) is 0 Å². The molecule has 0 saturated carbocycles. The van der Waals surface area contributed by atoms with Crippen molar-refractivity contribution in [1.29, 1.82) is 0 Å². The summed E-state index contributed by atoms with van der Waals surface area (Å²) >= 11 is 0.